The maximum atomic E-state index is 4.65. The largest absolute Gasteiger partial charge is 0.313 e. The van der Waals surface area contributed by atoms with E-state index in [1.807, 2.05) is 34.6 Å². The van der Waals surface area contributed by atoms with Gasteiger partial charge in [0.25, 0.3) is 0 Å². The van der Waals surface area contributed by atoms with Crippen molar-refractivity contribution in [3.63, 3.8) is 0 Å². The summed E-state index contributed by atoms with van der Waals surface area (Å²) >= 11 is 0. The first-order valence-electron chi connectivity index (χ1n) is 8.06. The Hall–Kier alpha value is -0.960. The second kappa shape index (κ2) is 9.06. The van der Waals surface area contributed by atoms with E-state index in [2.05, 4.69) is 36.1 Å². The van der Waals surface area contributed by atoms with E-state index < -0.39 is 0 Å². The highest BCUT2D eigenvalue weighted by Crippen LogP contribution is 2.27. The number of hydrogen-bond donors (Lipinski definition) is 1. The van der Waals surface area contributed by atoms with Crippen LogP contribution in [0.25, 0.3) is 0 Å². The molecule has 3 nitrogen and oxygen atoms in total. The molecule has 0 saturated heterocycles. The van der Waals surface area contributed by atoms with Crippen LogP contribution in [0.15, 0.2) is 0 Å². The van der Waals surface area contributed by atoms with Crippen molar-refractivity contribution in [1.29, 1.82) is 0 Å². The fourth-order valence-corrected chi connectivity index (χ4v) is 2.26. The smallest absolute Gasteiger partial charge is 0.125 e. The highest BCUT2D eigenvalue weighted by molar-refractivity contribution is 5.31. The molecule has 0 unspecified atom stereocenters. The number of nitrogens with zero attached hydrogens (tertiary/aromatic N) is 2. The van der Waals surface area contributed by atoms with E-state index in [1.165, 1.54) is 23.4 Å². The van der Waals surface area contributed by atoms with E-state index in [4.69, 9.17) is 0 Å². The summed E-state index contributed by atoms with van der Waals surface area (Å²) in [5.74, 6) is 0.908. The lowest BCUT2D eigenvalue weighted by Crippen LogP contribution is -2.22. The SMILES string of the molecule is CC.CC.Cc1nc2c(c(C(C)(C)C)n1)CNCCC2. The number of nitrogens with one attached hydrogen (secondary N) is 1. The minimum atomic E-state index is 0.101. The lowest BCUT2D eigenvalue weighted by molar-refractivity contribution is 0.548. The van der Waals surface area contributed by atoms with Gasteiger partial charge < -0.3 is 5.32 Å². The highest BCUT2D eigenvalue weighted by atomic mass is 14.9. The van der Waals surface area contributed by atoms with Gasteiger partial charge in [-0.3, -0.25) is 0 Å². The van der Waals surface area contributed by atoms with Gasteiger partial charge in [0.05, 0.1) is 5.69 Å². The van der Waals surface area contributed by atoms with Gasteiger partial charge in [-0.2, -0.15) is 0 Å². The fourth-order valence-electron chi connectivity index (χ4n) is 2.26. The van der Waals surface area contributed by atoms with E-state index in [0.29, 0.717) is 0 Å². The Kier molecular flexibility index (Phi) is 8.63. The minimum Gasteiger partial charge on any atom is -0.313 e. The monoisotopic (exact) mass is 279 g/mol. The third kappa shape index (κ3) is 5.20. The molecule has 1 aromatic rings. The quantitative estimate of drug-likeness (QED) is 0.774. The molecule has 1 aliphatic heterocycles. The molecule has 2 rings (SSSR count). The summed E-state index contributed by atoms with van der Waals surface area (Å²) in [5, 5.41) is 3.46. The molecule has 1 aliphatic rings. The highest BCUT2D eigenvalue weighted by Gasteiger charge is 2.24. The molecule has 3 heteroatoms. The van der Waals surface area contributed by atoms with Crippen molar-refractivity contribution >= 4 is 0 Å². The predicted molar refractivity (Wildman–Crippen MR) is 88.2 cm³/mol. The standard InChI is InChI=1S/C13H21N3.2C2H6/c1-9-15-11-6-5-7-14-8-10(11)12(16-9)13(2,3)4;2*1-2/h14H,5-8H2,1-4H3;2*1-2H3. The fraction of sp³-hybridized carbons (Fsp3) is 0.765. The molecular weight excluding hydrogens is 246 g/mol. The van der Waals surface area contributed by atoms with Gasteiger partial charge in [-0.25, -0.2) is 9.97 Å². The van der Waals surface area contributed by atoms with E-state index in [0.717, 1.165) is 25.3 Å². The van der Waals surface area contributed by atoms with Crippen LogP contribution in [0.4, 0.5) is 0 Å². The van der Waals surface area contributed by atoms with Gasteiger partial charge in [0.2, 0.25) is 0 Å². The first-order chi connectivity index (χ1) is 9.48. The zero-order valence-corrected chi connectivity index (χ0v) is 14.7. The van der Waals surface area contributed by atoms with Crippen LogP contribution in [0.1, 0.15) is 77.7 Å². The first kappa shape index (κ1) is 19.0. The maximum absolute atomic E-state index is 4.65. The summed E-state index contributed by atoms with van der Waals surface area (Å²) in [5.41, 5.74) is 3.89. The number of rotatable bonds is 0. The molecule has 0 aliphatic carbocycles. The van der Waals surface area contributed by atoms with Gasteiger partial charge >= 0.3 is 0 Å². The van der Waals surface area contributed by atoms with E-state index in [1.54, 1.807) is 0 Å². The van der Waals surface area contributed by atoms with Gasteiger partial charge in [-0.1, -0.05) is 48.5 Å². The number of fused-ring (bicyclic) bond motifs is 1. The normalized spacial score (nSPS) is 14.0. The summed E-state index contributed by atoms with van der Waals surface area (Å²) in [6.07, 6.45) is 2.25. The number of hydrogen-bond acceptors (Lipinski definition) is 3. The predicted octanol–water partition coefficient (Wildman–Crippen LogP) is 4.17. The molecule has 0 saturated carbocycles. The van der Waals surface area contributed by atoms with E-state index in [-0.39, 0.29) is 5.41 Å². The summed E-state index contributed by atoms with van der Waals surface area (Å²) in [6, 6.07) is 0. The number of aryl methyl sites for hydroxylation is 2. The molecule has 2 heterocycles. The molecule has 0 amide bonds. The Morgan fingerprint density at radius 3 is 2.15 bits per heavy atom. The van der Waals surface area contributed by atoms with Crippen LogP contribution in [0.3, 0.4) is 0 Å². The van der Waals surface area contributed by atoms with Crippen LogP contribution in [-0.4, -0.2) is 16.5 Å². The molecule has 0 atom stereocenters. The van der Waals surface area contributed by atoms with Crippen molar-refractivity contribution in [2.75, 3.05) is 6.54 Å². The average molecular weight is 279 g/mol. The van der Waals surface area contributed by atoms with Crippen LogP contribution in [0.5, 0.6) is 0 Å². The second-order valence-electron chi connectivity index (χ2n) is 5.58. The molecule has 1 N–H and O–H groups in total. The van der Waals surface area contributed by atoms with E-state index in [9.17, 15) is 0 Å². The second-order valence-corrected chi connectivity index (χ2v) is 5.58. The molecule has 116 valence electrons. The van der Waals surface area contributed by atoms with Gasteiger partial charge in [0.1, 0.15) is 5.82 Å². The molecular formula is C17H33N3. The van der Waals surface area contributed by atoms with Crippen molar-refractivity contribution in [1.82, 2.24) is 15.3 Å². The van der Waals surface area contributed by atoms with Gasteiger partial charge in [0, 0.05) is 23.2 Å². The zero-order chi connectivity index (χ0) is 15.8. The Bertz CT molecular complexity index is 392. The van der Waals surface area contributed by atoms with Crippen LogP contribution in [0, 0.1) is 6.92 Å². The summed E-state index contributed by atoms with van der Waals surface area (Å²) < 4.78 is 0. The Morgan fingerprint density at radius 2 is 1.60 bits per heavy atom. The Balaban J connectivity index is 0.000000829. The molecule has 0 aromatic carbocycles. The Morgan fingerprint density at radius 1 is 1.00 bits per heavy atom. The lowest BCUT2D eigenvalue weighted by atomic mass is 9.87. The first-order valence-corrected chi connectivity index (χ1v) is 8.06. The third-order valence-electron chi connectivity index (χ3n) is 2.98. The van der Waals surface area contributed by atoms with Gasteiger partial charge in [-0.15, -0.1) is 0 Å². The molecule has 20 heavy (non-hydrogen) atoms. The van der Waals surface area contributed by atoms with Crippen molar-refractivity contribution in [2.24, 2.45) is 0 Å². The van der Waals surface area contributed by atoms with Gasteiger partial charge in [-0.05, 0) is 26.3 Å². The third-order valence-corrected chi connectivity index (χ3v) is 2.98. The minimum absolute atomic E-state index is 0.101. The van der Waals surface area contributed by atoms with Crippen molar-refractivity contribution in [3.05, 3.63) is 22.8 Å². The number of aromatic nitrogens is 2. The molecule has 0 fully saturated rings. The molecule has 0 spiro atoms. The lowest BCUT2D eigenvalue weighted by Gasteiger charge is -2.23. The van der Waals surface area contributed by atoms with Crippen molar-refractivity contribution in [2.45, 2.75) is 80.2 Å². The molecule has 1 aromatic heterocycles. The van der Waals surface area contributed by atoms with Crippen LogP contribution >= 0.6 is 0 Å². The topological polar surface area (TPSA) is 37.8 Å². The van der Waals surface area contributed by atoms with Crippen LogP contribution in [-0.2, 0) is 18.4 Å². The van der Waals surface area contributed by atoms with Gasteiger partial charge in [0.15, 0.2) is 0 Å². The summed E-state index contributed by atoms with van der Waals surface area (Å²) in [4.78, 5) is 9.25. The van der Waals surface area contributed by atoms with Crippen LogP contribution in [0.2, 0.25) is 0 Å². The maximum Gasteiger partial charge on any atom is 0.125 e. The van der Waals surface area contributed by atoms with E-state index >= 15 is 0 Å². The summed E-state index contributed by atoms with van der Waals surface area (Å²) in [6.45, 7) is 18.7. The van der Waals surface area contributed by atoms with Crippen molar-refractivity contribution < 1.29 is 0 Å². The van der Waals surface area contributed by atoms with Crippen molar-refractivity contribution in [3.8, 4) is 0 Å². The zero-order valence-electron chi connectivity index (χ0n) is 14.7. The average Bonchev–Trinajstić information content (AvgIpc) is 2.66. The summed E-state index contributed by atoms with van der Waals surface area (Å²) in [7, 11) is 0. The molecule has 0 radical (unpaired) electrons. The molecule has 0 bridgehead atoms. The Labute approximate surface area is 125 Å². The van der Waals surface area contributed by atoms with Crippen LogP contribution < -0.4 is 5.32 Å².